The Morgan fingerprint density at radius 3 is 2.42 bits per heavy atom. The predicted molar refractivity (Wildman–Crippen MR) is 80.2 cm³/mol. The van der Waals surface area contributed by atoms with E-state index in [1.54, 1.807) is 23.5 Å². The average Bonchev–Trinajstić information content (AvgIpc) is 2.74. The molecule has 0 bridgehead atoms. The van der Waals surface area contributed by atoms with Crippen molar-refractivity contribution in [1.29, 1.82) is 0 Å². The van der Waals surface area contributed by atoms with E-state index in [0.29, 0.717) is 6.42 Å². The first-order valence-corrected chi connectivity index (χ1v) is 9.13. The molecule has 19 heavy (non-hydrogen) atoms. The molecular weight excluding hydrogens is 348 g/mol. The van der Waals surface area contributed by atoms with Crippen LogP contribution in [0.4, 0.5) is 0 Å². The standard InChI is InChI=1S/C13H13BrO3S2/c1-19(16,17)12-4-2-9(3-5-12)13(15)7-11-6-10(14)8-18-11/h2-6,8,13,15H,7H2,1H3. The summed E-state index contributed by atoms with van der Waals surface area (Å²) >= 11 is 4.95. The van der Waals surface area contributed by atoms with Crippen LogP contribution in [0.3, 0.4) is 0 Å². The van der Waals surface area contributed by atoms with Crippen molar-refractivity contribution in [3.63, 3.8) is 0 Å². The third-order valence-corrected chi connectivity index (χ3v) is 5.56. The van der Waals surface area contributed by atoms with Crippen molar-refractivity contribution >= 4 is 37.1 Å². The molecule has 2 aromatic rings. The first-order chi connectivity index (χ1) is 8.86. The summed E-state index contributed by atoms with van der Waals surface area (Å²) in [5, 5.41) is 12.1. The minimum Gasteiger partial charge on any atom is -0.388 e. The van der Waals surface area contributed by atoms with Gasteiger partial charge in [-0.1, -0.05) is 12.1 Å². The van der Waals surface area contributed by atoms with E-state index in [0.717, 1.165) is 14.9 Å². The van der Waals surface area contributed by atoms with Gasteiger partial charge in [-0.25, -0.2) is 8.42 Å². The topological polar surface area (TPSA) is 54.4 Å². The highest BCUT2D eigenvalue weighted by atomic mass is 79.9. The zero-order valence-electron chi connectivity index (χ0n) is 10.2. The lowest BCUT2D eigenvalue weighted by molar-refractivity contribution is 0.179. The van der Waals surface area contributed by atoms with Crippen molar-refractivity contribution in [3.8, 4) is 0 Å². The number of aliphatic hydroxyl groups is 1. The van der Waals surface area contributed by atoms with Crippen LogP contribution < -0.4 is 0 Å². The second-order valence-corrected chi connectivity index (χ2v) is 8.22. The van der Waals surface area contributed by atoms with Crippen LogP contribution in [0.25, 0.3) is 0 Å². The summed E-state index contributed by atoms with van der Waals surface area (Å²) in [7, 11) is -3.19. The van der Waals surface area contributed by atoms with Gasteiger partial charge in [0.1, 0.15) is 0 Å². The Morgan fingerprint density at radius 2 is 1.95 bits per heavy atom. The van der Waals surface area contributed by atoms with Crippen LogP contribution in [0.1, 0.15) is 16.5 Å². The molecule has 2 rings (SSSR count). The molecule has 1 aromatic carbocycles. The van der Waals surface area contributed by atoms with E-state index in [-0.39, 0.29) is 4.90 Å². The van der Waals surface area contributed by atoms with Crippen molar-refractivity contribution in [2.45, 2.75) is 17.4 Å². The maximum absolute atomic E-state index is 11.3. The number of hydrogen-bond acceptors (Lipinski definition) is 4. The normalized spacial score (nSPS) is 13.4. The third-order valence-electron chi connectivity index (χ3n) is 2.71. The molecule has 0 aliphatic rings. The second-order valence-electron chi connectivity index (χ2n) is 4.29. The predicted octanol–water partition coefficient (Wildman–Crippen LogP) is 3.19. The van der Waals surface area contributed by atoms with E-state index in [1.165, 1.54) is 18.4 Å². The van der Waals surface area contributed by atoms with Gasteiger partial charge in [0.25, 0.3) is 0 Å². The van der Waals surface area contributed by atoms with Gasteiger partial charge in [-0.15, -0.1) is 11.3 Å². The van der Waals surface area contributed by atoms with Gasteiger partial charge in [0.2, 0.25) is 0 Å². The highest BCUT2D eigenvalue weighted by Gasteiger charge is 2.12. The molecule has 1 unspecified atom stereocenters. The molecule has 0 aliphatic heterocycles. The van der Waals surface area contributed by atoms with Gasteiger partial charge in [0.15, 0.2) is 9.84 Å². The van der Waals surface area contributed by atoms with E-state index in [4.69, 9.17) is 0 Å². The Labute approximate surface area is 125 Å². The van der Waals surface area contributed by atoms with Crippen LogP contribution in [0.2, 0.25) is 0 Å². The molecule has 0 saturated carbocycles. The number of thiophene rings is 1. The molecule has 0 saturated heterocycles. The minimum atomic E-state index is -3.19. The summed E-state index contributed by atoms with van der Waals surface area (Å²) in [6, 6.07) is 8.34. The van der Waals surface area contributed by atoms with E-state index in [2.05, 4.69) is 15.9 Å². The molecule has 1 atom stereocenters. The number of benzene rings is 1. The van der Waals surface area contributed by atoms with Gasteiger partial charge in [-0.05, 0) is 39.7 Å². The third kappa shape index (κ3) is 3.89. The van der Waals surface area contributed by atoms with Gasteiger partial charge < -0.3 is 5.11 Å². The van der Waals surface area contributed by atoms with Crippen LogP contribution in [0.5, 0.6) is 0 Å². The molecule has 3 nitrogen and oxygen atoms in total. The highest BCUT2D eigenvalue weighted by molar-refractivity contribution is 9.10. The lowest BCUT2D eigenvalue weighted by atomic mass is 10.1. The molecule has 0 fully saturated rings. The Morgan fingerprint density at radius 1 is 1.32 bits per heavy atom. The zero-order valence-corrected chi connectivity index (χ0v) is 13.4. The molecule has 102 valence electrons. The summed E-state index contributed by atoms with van der Waals surface area (Å²) < 4.78 is 23.7. The van der Waals surface area contributed by atoms with Crippen LogP contribution in [-0.2, 0) is 16.3 Å². The van der Waals surface area contributed by atoms with E-state index >= 15 is 0 Å². The Balaban J connectivity index is 2.14. The molecular formula is C13H13BrO3S2. The summed E-state index contributed by atoms with van der Waals surface area (Å²) in [5.74, 6) is 0. The quantitative estimate of drug-likeness (QED) is 0.910. The summed E-state index contributed by atoms with van der Waals surface area (Å²) in [6.45, 7) is 0. The van der Waals surface area contributed by atoms with Crippen LogP contribution in [0, 0.1) is 0 Å². The number of aliphatic hydroxyl groups excluding tert-OH is 1. The lowest BCUT2D eigenvalue weighted by Gasteiger charge is -2.10. The fraction of sp³-hybridized carbons (Fsp3) is 0.231. The Bertz CT molecular complexity index is 659. The fourth-order valence-electron chi connectivity index (χ4n) is 1.71. The van der Waals surface area contributed by atoms with Gasteiger partial charge in [0.05, 0.1) is 11.0 Å². The molecule has 1 N–H and O–H groups in total. The summed E-state index contributed by atoms with van der Waals surface area (Å²) in [4.78, 5) is 1.34. The SMILES string of the molecule is CS(=O)(=O)c1ccc(C(O)Cc2cc(Br)cs2)cc1. The minimum absolute atomic E-state index is 0.266. The maximum atomic E-state index is 11.3. The largest absolute Gasteiger partial charge is 0.388 e. The summed E-state index contributed by atoms with van der Waals surface area (Å²) in [6.07, 6.45) is 1.06. The van der Waals surface area contributed by atoms with Gasteiger partial charge in [-0.3, -0.25) is 0 Å². The summed E-state index contributed by atoms with van der Waals surface area (Å²) in [5.41, 5.74) is 0.719. The molecule has 0 radical (unpaired) electrons. The van der Waals surface area contributed by atoms with Crippen LogP contribution in [-0.4, -0.2) is 19.8 Å². The number of hydrogen-bond donors (Lipinski definition) is 1. The van der Waals surface area contributed by atoms with E-state index < -0.39 is 15.9 Å². The molecule has 1 heterocycles. The van der Waals surface area contributed by atoms with Crippen LogP contribution in [0.15, 0.2) is 45.1 Å². The van der Waals surface area contributed by atoms with Gasteiger partial charge >= 0.3 is 0 Å². The molecule has 0 spiro atoms. The molecule has 6 heteroatoms. The van der Waals surface area contributed by atoms with Crippen molar-refractivity contribution < 1.29 is 13.5 Å². The van der Waals surface area contributed by atoms with Gasteiger partial charge in [0, 0.05) is 27.4 Å². The van der Waals surface area contributed by atoms with Crippen molar-refractivity contribution in [2.75, 3.05) is 6.26 Å². The molecule has 1 aromatic heterocycles. The van der Waals surface area contributed by atoms with Crippen molar-refractivity contribution in [3.05, 3.63) is 50.6 Å². The number of halogens is 1. The van der Waals surface area contributed by atoms with Gasteiger partial charge in [-0.2, -0.15) is 0 Å². The Kier molecular flexibility index (Phi) is 4.45. The van der Waals surface area contributed by atoms with E-state index in [9.17, 15) is 13.5 Å². The number of rotatable bonds is 4. The second kappa shape index (κ2) is 5.75. The molecule has 0 amide bonds. The lowest BCUT2D eigenvalue weighted by Crippen LogP contribution is -2.02. The first-order valence-electron chi connectivity index (χ1n) is 5.57. The number of sulfone groups is 1. The average molecular weight is 361 g/mol. The fourth-order valence-corrected chi connectivity index (χ4v) is 3.83. The smallest absolute Gasteiger partial charge is 0.175 e. The van der Waals surface area contributed by atoms with Crippen LogP contribution >= 0.6 is 27.3 Å². The maximum Gasteiger partial charge on any atom is 0.175 e. The monoisotopic (exact) mass is 360 g/mol. The highest BCUT2D eigenvalue weighted by Crippen LogP contribution is 2.26. The van der Waals surface area contributed by atoms with Crippen molar-refractivity contribution in [2.24, 2.45) is 0 Å². The van der Waals surface area contributed by atoms with E-state index in [1.807, 2.05) is 11.4 Å². The Hall–Kier alpha value is -0.690. The first kappa shape index (κ1) is 14.7. The van der Waals surface area contributed by atoms with Crippen molar-refractivity contribution in [1.82, 2.24) is 0 Å². The molecule has 0 aliphatic carbocycles. The zero-order chi connectivity index (χ0) is 14.0.